The minimum atomic E-state index is -1.28. The van der Waals surface area contributed by atoms with Gasteiger partial charge in [-0.3, -0.25) is 24.0 Å². The summed E-state index contributed by atoms with van der Waals surface area (Å²) < 4.78 is 0. The maximum Gasteiger partial charge on any atom is 0.326 e. The largest absolute Gasteiger partial charge is 0.480 e. The first-order chi connectivity index (χ1) is 18.8. The Morgan fingerprint density at radius 2 is 1.27 bits per heavy atom. The molecule has 2 rings (SSSR count). The van der Waals surface area contributed by atoms with E-state index in [0.29, 0.717) is 16.8 Å². The van der Waals surface area contributed by atoms with Crippen LogP contribution in [-0.4, -0.2) is 58.7 Å². The predicted molar refractivity (Wildman–Crippen MR) is 144 cm³/mol. The summed E-state index contributed by atoms with van der Waals surface area (Å²) in [5, 5.41) is 17.2. The highest BCUT2D eigenvalue weighted by Crippen LogP contribution is 2.20. The Hall–Kier alpha value is -4.82. The number of nitrogens with one attached hydrogen (secondary N) is 3. The van der Waals surface area contributed by atoms with Crippen LogP contribution in [-0.2, 0) is 35.2 Å². The molecule has 0 aliphatic heterocycles. The number of carboxylic acid groups (broad SMARTS) is 1. The van der Waals surface area contributed by atoms with E-state index in [2.05, 4.69) is 16.0 Å². The van der Waals surface area contributed by atoms with Crippen molar-refractivity contribution in [3.8, 4) is 0 Å². The second-order valence-electron chi connectivity index (χ2n) is 9.08. The van der Waals surface area contributed by atoms with Gasteiger partial charge in [0.15, 0.2) is 0 Å². The number of nitrogens with two attached hydrogens (primary N) is 4. The summed E-state index contributed by atoms with van der Waals surface area (Å²) in [4.78, 5) is 71.6. The van der Waals surface area contributed by atoms with E-state index in [-0.39, 0.29) is 19.3 Å². The molecule has 214 valence electrons. The molecule has 4 atom stereocenters. The molecule has 14 heteroatoms. The number of rotatable bonds is 15. The predicted octanol–water partition coefficient (Wildman–Crippen LogP) is -1.61. The SMILES string of the molecule is NC(=O)C[C@H](N)C(=O)Nc1ccc(C(CC(=O)N[C@@H](Cc2ccccc2)C(=O)O)NC(=O)[C@@H](N)CC(N)=O)cc1. The number of anilines is 1. The van der Waals surface area contributed by atoms with Crippen molar-refractivity contribution >= 4 is 41.2 Å². The molecule has 0 radical (unpaired) electrons. The minimum absolute atomic E-state index is 0.0364. The zero-order valence-electron chi connectivity index (χ0n) is 21.5. The van der Waals surface area contributed by atoms with Gasteiger partial charge < -0.3 is 44.0 Å². The quantitative estimate of drug-likeness (QED) is 0.125. The van der Waals surface area contributed by atoms with E-state index in [1.165, 1.54) is 24.3 Å². The van der Waals surface area contributed by atoms with Crippen LogP contribution in [0.1, 0.15) is 36.4 Å². The molecule has 2 aromatic carbocycles. The molecule has 0 fully saturated rings. The van der Waals surface area contributed by atoms with E-state index in [1.54, 1.807) is 30.3 Å². The molecule has 0 aromatic heterocycles. The van der Waals surface area contributed by atoms with Crippen LogP contribution in [0.15, 0.2) is 54.6 Å². The smallest absolute Gasteiger partial charge is 0.326 e. The summed E-state index contributed by atoms with van der Waals surface area (Å²) in [6.45, 7) is 0. The van der Waals surface area contributed by atoms with Gasteiger partial charge in [0, 0.05) is 12.1 Å². The van der Waals surface area contributed by atoms with E-state index < -0.39 is 66.1 Å². The summed E-state index contributed by atoms with van der Waals surface area (Å²) in [6.07, 6.45) is -1.11. The van der Waals surface area contributed by atoms with Gasteiger partial charge in [-0.1, -0.05) is 42.5 Å². The van der Waals surface area contributed by atoms with Crippen molar-refractivity contribution < 1.29 is 33.9 Å². The molecule has 0 aliphatic rings. The van der Waals surface area contributed by atoms with E-state index in [0.717, 1.165) is 0 Å². The fourth-order valence-corrected chi connectivity index (χ4v) is 3.67. The van der Waals surface area contributed by atoms with E-state index in [4.69, 9.17) is 22.9 Å². The van der Waals surface area contributed by atoms with Crippen molar-refractivity contribution in [1.82, 2.24) is 10.6 Å². The van der Waals surface area contributed by atoms with Gasteiger partial charge in [0.1, 0.15) is 6.04 Å². The van der Waals surface area contributed by atoms with Gasteiger partial charge in [-0.15, -0.1) is 0 Å². The molecule has 0 heterocycles. The number of amides is 5. The van der Waals surface area contributed by atoms with Crippen molar-refractivity contribution in [3.05, 3.63) is 65.7 Å². The van der Waals surface area contributed by atoms with E-state index in [1.807, 2.05) is 0 Å². The fourth-order valence-electron chi connectivity index (χ4n) is 3.67. The highest BCUT2D eigenvalue weighted by molar-refractivity contribution is 5.97. The number of hydrogen-bond acceptors (Lipinski definition) is 8. The van der Waals surface area contributed by atoms with Gasteiger partial charge >= 0.3 is 5.97 Å². The number of aliphatic carboxylic acids is 1. The third kappa shape index (κ3) is 10.5. The lowest BCUT2D eigenvalue weighted by molar-refractivity contribution is -0.142. The summed E-state index contributed by atoms with van der Waals surface area (Å²) in [7, 11) is 0. The third-order valence-electron chi connectivity index (χ3n) is 5.72. The summed E-state index contributed by atoms with van der Waals surface area (Å²) in [5.41, 5.74) is 23.0. The fraction of sp³-hybridized carbons (Fsp3) is 0.308. The van der Waals surface area contributed by atoms with Crippen LogP contribution in [0.5, 0.6) is 0 Å². The number of hydrogen-bond donors (Lipinski definition) is 8. The van der Waals surface area contributed by atoms with E-state index >= 15 is 0 Å². The lowest BCUT2D eigenvalue weighted by atomic mass is 10.0. The van der Waals surface area contributed by atoms with Gasteiger partial charge in [0.05, 0.1) is 37.4 Å². The van der Waals surface area contributed by atoms with Gasteiger partial charge in [-0.05, 0) is 23.3 Å². The van der Waals surface area contributed by atoms with Crippen molar-refractivity contribution in [2.75, 3.05) is 5.32 Å². The second kappa shape index (κ2) is 14.9. The van der Waals surface area contributed by atoms with Crippen LogP contribution in [0, 0.1) is 0 Å². The van der Waals surface area contributed by atoms with Crippen LogP contribution in [0.4, 0.5) is 5.69 Å². The molecule has 5 amide bonds. The number of carbonyl (C=O) groups excluding carboxylic acids is 5. The third-order valence-corrected chi connectivity index (χ3v) is 5.72. The van der Waals surface area contributed by atoms with Crippen molar-refractivity contribution in [1.29, 1.82) is 0 Å². The van der Waals surface area contributed by atoms with E-state index in [9.17, 15) is 33.9 Å². The molecule has 0 saturated heterocycles. The standard InChI is InChI=1S/C26H33N7O7/c27-17(11-21(29)34)24(37)31-16-8-6-15(7-9-16)19(33-25(38)18(28)12-22(30)35)13-23(36)32-20(26(39)40)10-14-4-2-1-3-5-14/h1-9,17-20H,10-13,27-28H2,(H2,29,34)(H2,30,35)(H,31,37)(H,32,36)(H,33,38)(H,39,40)/t17-,18-,19?,20-/m0/s1. The first-order valence-corrected chi connectivity index (χ1v) is 12.2. The number of benzene rings is 2. The molecule has 1 unspecified atom stereocenters. The Bertz CT molecular complexity index is 1220. The zero-order chi connectivity index (χ0) is 29.8. The molecular formula is C26H33N7O7. The number of carbonyl (C=O) groups is 6. The molecule has 12 N–H and O–H groups in total. The molecular weight excluding hydrogens is 522 g/mol. The second-order valence-corrected chi connectivity index (χ2v) is 9.08. The van der Waals surface area contributed by atoms with Crippen LogP contribution in [0.3, 0.4) is 0 Å². The van der Waals surface area contributed by atoms with Gasteiger partial charge in [0.25, 0.3) is 0 Å². The van der Waals surface area contributed by atoms with Crippen molar-refractivity contribution in [2.24, 2.45) is 22.9 Å². The minimum Gasteiger partial charge on any atom is -0.480 e. The first kappa shape index (κ1) is 31.4. The van der Waals surface area contributed by atoms with Crippen LogP contribution < -0.4 is 38.9 Å². The molecule has 2 aromatic rings. The highest BCUT2D eigenvalue weighted by Gasteiger charge is 2.26. The number of primary amides is 2. The van der Waals surface area contributed by atoms with Crippen LogP contribution in [0.2, 0.25) is 0 Å². The Kier molecular flexibility index (Phi) is 11.7. The Labute approximate surface area is 229 Å². The Morgan fingerprint density at radius 1 is 0.725 bits per heavy atom. The molecule has 40 heavy (non-hydrogen) atoms. The van der Waals surface area contributed by atoms with Gasteiger partial charge in [-0.2, -0.15) is 0 Å². The summed E-state index contributed by atoms with van der Waals surface area (Å²) in [6, 6.07) is 10.0. The Balaban J connectivity index is 2.19. The molecule has 0 spiro atoms. The average molecular weight is 556 g/mol. The van der Waals surface area contributed by atoms with Crippen LogP contribution >= 0.6 is 0 Å². The Morgan fingerprint density at radius 3 is 1.80 bits per heavy atom. The lowest BCUT2D eigenvalue weighted by Gasteiger charge is -2.22. The van der Waals surface area contributed by atoms with Crippen molar-refractivity contribution in [2.45, 2.75) is 49.9 Å². The average Bonchev–Trinajstić information content (AvgIpc) is 2.88. The maximum atomic E-state index is 12.9. The van der Waals surface area contributed by atoms with Gasteiger partial charge in [0.2, 0.25) is 29.5 Å². The van der Waals surface area contributed by atoms with Crippen LogP contribution in [0.25, 0.3) is 0 Å². The zero-order valence-corrected chi connectivity index (χ0v) is 21.5. The molecule has 0 bridgehead atoms. The first-order valence-electron chi connectivity index (χ1n) is 12.2. The monoisotopic (exact) mass is 555 g/mol. The van der Waals surface area contributed by atoms with Crippen molar-refractivity contribution in [3.63, 3.8) is 0 Å². The highest BCUT2D eigenvalue weighted by atomic mass is 16.4. The molecule has 0 aliphatic carbocycles. The normalized spacial score (nSPS) is 13.7. The molecule has 0 saturated carbocycles. The van der Waals surface area contributed by atoms with Gasteiger partial charge in [-0.25, -0.2) is 4.79 Å². The summed E-state index contributed by atoms with van der Waals surface area (Å²) in [5.74, 6) is -4.85. The topological polar surface area (TPSA) is 263 Å². The maximum absolute atomic E-state index is 12.9. The lowest BCUT2D eigenvalue weighted by Crippen LogP contribution is -2.47. The number of carboxylic acids is 1. The molecule has 14 nitrogen and oxygen atoms in total. The summed E-state index contributed by atoms with van der Waals surface area (Å²) >= 11 is 0.